The van der Waals surface area contributed by atoms with Crippen molar-refractivity contribution >= 4 is 17.4 Å². The summed E-state index contributed by atoms with van der Waals surface area (Å²) in [5, 5.41) is 3.20. The maximum absolute atomic E-state index is 12.9. The lowest BCUT2D eigenvalue weighted by Gasteiger charge is -2.05. The second-order valence-corrected chi connectivity index (χ2v) is 3.57. The van der Waals surface area contributed by atoms with Crippen molar-refractivity contribution in [2.75, 3.05) is 12.4 Å². The number of hydrogen-bond acceptors (Lipinski definition) is 3. The Morgan fingerprint density at radius 3 is 2.81 bits per heavy atom. The third kappa shape index (κ3) is 2.12. The summed E-state index contributed by atoms with van der Waals surface area (Å²) in [5.41, 5.74) is 1.27. The summed E-state index contributed by atoms with van der Waals surface area (Å²) >= 11 is 5.93. The van der Waals surface area contributed by atoms with Crippen LogP contribution in [0.5, 0.6) is 0 Å². The molecule has 1 N–H and O–H groups in total. The summed E-state index contributed by atoms with van der Waals surface area (Å²) in [6.45, 7) is 0. The molecule has 0 aliphatic heterocycles. The van der Waals surface area contributed by atoms with Gasteiger partial charge in [0.2, 0.25) is 0 Å². The molecule has 0 amide bonds. The summed E-state index contributed by atoms with van der Waals surface area (Å²) in [6, 6.07) is 4.18. The van der Waals surface area contributed by atoms with E-state index >= 15 is 0 Å². The van der Waals surface area contributed by atoms with Crippen LogP contribution in [0.1, 0.15) is 0 Å². The number of anilines is 1. The summed E-state index contributed by atoms with van der Waals surface area (Å²) < 4.78 is 12.9. The van der Waals surface area contributed by atoms with E-state index in [4.69, 9.17) is 11.6 Å². The molecule has 0 saturated heterocycles. The second-order valence-electron chi connectivity index (χ2n) is 3.16. The lowest BCUT2D eigenvalue weighted by atomic mass is 10.1. The Bertz CT molecular complexity index is 516. The highest BCUT2D eigenvalue weighted by atomic mass is 35.5. The Kier molecular flexibility index (Phi) is 3.01. The number of hydrogen-bond donors (Lipinski definition) is 1. The monoisotopic (exact) mass is 237 g/mol. The molecule has 0 spiro atoms. The number of benzene rings is 1. The van der Waals surface area contributed by atoms with Crippen molar-refractivity contribution in [3.8, 4) is 11.3 Å². The molecule has 0 radical (unpaired) electrons. The van der Waals surface area contributed by atoms with Gasteiger partial charge in [-0.3, -0.25) is 4.98 Å². The van der Waals surface area contributed by atoms with Gasteiger partial charge in [0.1, 0.15) is 11.6 Å². The molecule has 0 saturated carbocycles. The van der Waals surface area contributed by atoms with E-state index in [-0.39, 0.29) is 5.82 Å². The Morgan fingerprint density at radius 1 is 1.31 bits per heavy atom. The number of rotatable bonds is 2. The Hall–Kier alpha value is -1.68. The SMILES string of the molecule is CNc1cncc(-c2ccc(F)cc2Cl)n1. The molecule has 1 aromatic carbocycles. The lowest BCUT2D eigenvalue weighted by Crippen LogP contribution is -1.95. The molecular formula is C11H9ClFN3. The van der Waals surface area contributed by atoms with Gasteiger partial charge in [-0.15, -0.1) is 0 Å². The fourth-order valence-corrected chi connectivity index (χ4v) is 1.58. The van der Waals surface area contributed by atoms with E-state index < -0.39 is 0 Å². The minimum absolute atomic E-state index is 0.322. The maximum atomic E-state index is 12.9. The largest absolute Gasteiger partial charge is 0.372 e. The van der Waals surface area contributed by atoms with Gasteiger partial charge >= 0.3 is 0 Å². The number of halogens is 2. The molecular weight excluding hydrogens is 229 g/mol. The van der Waals surface area contributed by atoms with Gasteiger partial charge in [-0.05, 0) is 18.2 Å². The zero-order valence-electron chi connectivity index (χ0n) is 8.54. The standard InChI is InChI=1S/C11H9ClFN3/c1-14-11-6-15-5-10(16-11)8-3-2-7(13)4-9(8)12/h2-6H,1H3,(H,14,16). The lowest BCUT2D eigenvalue weighted by molar-refractivity contribution is 0.628. The van der Waals surface area contributed by atoms with Gasteiger partial charge in [-0.25, -0.2) is 9.37 Å². The highest BCUT2D eigenvalue weighted by molar-refractivity contribution is 6.33. The molecule has 0 unspecified atom stereocenters. The van der Waals surface area contributed by atoms with Gasteiger partial charge < -0.3 is 5.32 Å². The molecule has 2 rings (SSSR count). The molecule has 0 bridgehead atoms. The van der Waals surface area contributed by atoms with Gasteiger partial charge in [0.05, 0.1) is 23.1 Å². The molecule has 16 heavy (non-hydrogen) atoms. The Morgan fingerprint density at radius 2 is 2.12 bits per heavy atom. The molecule has 0 aliphatic carbocycles. The van der Waals surface area contributed by atoms with Crippen molar-refractivity contribution in [1.82, 2.24) is 9.97 Å². The molecule has 5 heteroatoms. The van der Waals surface area contributed by atoms with Crippen LogP contribution in [0.3, 0.4) is 0 Å². The molecule has 0 atom stereocenters. The van der Waals surface area contributed by atoms with Crippen LogP contribution < -0.4 is 5.32 Å². The number of nitrogens with zero attached hydrogens (tertiary/aromatic N) is 2. The van der Waals surface area contributed by atoms with Gasteiger partial charge in [0.25, 0.3) is 0 Å². The fourth-order valence-electron chi connectivity index (χ4n) is 1.31. The molecule has 3 nitrogen and oxygen atoms in total. The molecule has 0 aliphatic rings. The van der Waals surface area contributed by atoms with Crippen LogP contribution in [0.15, 0.2) is 30.6 Å². The van der Waals surface area contributed by atoms with Crippen LogP contribution in [0.2, 0.25) is 5.02 Å². The van der Waals surface area contributed by atoms with E-state index in [0.717, 1.165) is 0 Å². The van der Waals surface area contributed by atoms with Crippen molar-refractivity contribution in [3.05, 3.63) is 41.4 Å². The zero-order valence-corrected chi connectivity index (χ0v) is 9.29. The van der Waals surface area contributed by atoms with Crippen molar-refractivity contribution in [2.45, 2.75) is 0 Å². The summed E-state index contributed by atoms with van der Waals surface area (Å²) in [7, 11) is 1.75. The molecule has 1 heterocycles. The quantitative estimate of drug-likeness (QED) is 0.873. The van der Waals surface area contributed by atoms with Gasteiger partial charge in [-0.1, -0.05) is 11.6 Å². The maximum Gasteiger partial charge on any atom is 0.144 e. The average Bonchev–Trinajstić information content (AvgIpc) is 2.29. The van der Waals surface area contributed by atoms with Gasteiger partial charge in [0, 0.05) is 12.6 Å². The van der Waals surface area contributed by atoms with Crippen LogP contribution >= 0.6 is 11.6 Å². The van der Waals surface area contributed by atoms with E-state index in [9.17, 15) is 4.39 Å². The number of nitrogens with one attached hydrogen (secondary N) is 1. The van der Waals surface area contributed by atoms with Crippen LogP contribution in [-0.2, 0) is 0 Å². The molecule has 2 aromatic rings. The highest BCUT2D eigenvalue weighted by Gasteiger charge is 2.06. The van der Waals surface area contributed by atoms with E-state index in [2.05, 4.69) is 15.3 Å². The summed E-state index contributed by atoms with van der Waals surface area (Å²) in [4.78, 5) is 8.29. The van der Waals surface area contributed by atoms with Crippen molar-refractivity contribution in [1.29, 1.82) is 0 Å². The minimum Gasteiger partial charge on any atom is -0.372 e. The first-order valence-corrected chi connectivity index (χ1v) is 5.03. The van der Waals surface area contributed by atoms with Crippen molar-refractivity contribution < 1.29 is 4.39 Å². The van der Waals surface area contributed by atoms with Gasteiger partial charge in [-0.2, -0.15) is 0 Å². The van der Waals surface area contributed by atoms with E-state index in [1.54, 1.807) is 25.5 Å². The fraction of sp³-hybridized carbons (Fsp3) is 0.0909. The molecule has 82 valence electrons. The van der Waals surface area contributed by atoms with E-state index in [1.165, 1.54) is 12.1 Å². The first-order valence-electron chi connectivity index (χ1n) is 4.66. The number of aromatic nitrogens is 2. The van der Waals surface area contributed by atoms with Crippen LogP contribution in [0.4, 0.5) is 10.2 Å². The van der Waals surface area contributed by atoms with Crippen LogP contribution in [-0.4, -0.2) is 17.0 Å². The van der Waals surface area contributed by atoms with E-state index in [1.807, 2.05) is 0 Å². The molecule has 0 fully saturated rings. The third-order valence-electron chi connectivity index (χ3n) is 2.10. The first-order chi connectivity index (χ1) is 7.70. The average molecular weight is 238 g/mol. The van der Waals surface area contributed by atoms with Crippen molar-refractivity contribution in [2.24, 2.45) is 0 Å². The predicted molar refractivity (Wildman–Crippen MR) is 62.0 cm³/mol. The summed E-state index contributed by atoms with van der Waals surface area (Å²) in [6.07, 6.45) is 3.18. The normalized spacial score (nSPS) is 10.2. The first kappa shape index (κ1) is 10.8. The predicted octanol–water partition coefficient (Wildman–Crippen LogP) is 2.98. The smallest absolute Gasteiger partial charge is 0.144 e. The second kappa shape index (κ2) is 4.45. The Labute approximate surface area is 97.3 Å². The van der Waals surface area contributed by atoms with Crippen LogP contribution in [0.25, 0.3) is 11.3 Å². The summed E-state index contributed by atoms with van der Waals surface area (Å²) in [5.74, 6) is 0.268. The topological polar surface area (TPSA) is 37.8 Å². The zero-order chi connectivity index (χ0) is 11.5. The molecule has 1 aromatic heterocycles. The minimum atomic E-state index is -0.369. The third-order valence-corrected chi connectivity index (χ3v) is 2.41. The van der Waals surface area contributed by atoms with Crippen molar-refractivity contribution in [3.63, 3.8) is 0 Å². The van der Waals surface area contributed by atoms with E-state index in [0.29, 0.717) is 22.1 Å². The van der Waals surface area contributed by atoms with Crippen LogP contribution in [0, 0.1) is 5.82 Å². The van der Waals surface area contributed by atoms with Gasteiger partial charge in [0.15, 0.2) is 0 Å². The highest BCUT2D eigenvalue weighted by Crippen LogP contribution is 2.27. The Balaban J connectivity index is 2.49.